The number of hydrogen-bond acceptors (Lipinski definition) is 7. The third-order valence-electron chi connectivity index (χ3n) is 6.61. The average molecular weight is 569 g/mol. The first kappa shape index (κ1) is 29.9. The number of hydrogen-bond donors (Lipinski definition) is 3. The largest absolute Gasteiger partial charge is 0.456 e. The van der Waals surface area contributed by atoms with Crippen molar-refractivity contribution in [3.05, 3.63) is 119 Å². The Labute approximate surface area is 243 Å². The summed E-state index contributed by atoms with van der Waals surface area (Å²) in [6, 6.07) is 22.5. The van der Waals surface area contributed by atoms with E-state index >= 15 is 0 Å². The summed E-state index contributed by atoms with van der Waals surface area (Å²) >= 11 is 0. The lowest BCUT2D eigenvalue weighted by Gasteiger charge is -2.28. The van der Waals surface area contributed by atoms with Gasteiger partial charge in [0, 0.05) is 30.5 Å². The first-order chi connectivity index (χ1) is 20.4. The van der Waals surface area contributed by atoms with Crippen LogP contribution >= 0.6 is 0 Å². The van der Waals surface area contributed by atoms with Crippen LogP contribution in [0.15, 0.2) is 96.1 Å². The standard InChI is InChI=1S/C32H32N4O6/c37-29-13-6-1-2-7-14-30(38)42-28(25-11-4-3-5-12-25)22-36(29)21-24-10-8-9-23(19-24)20-33-34-31(39)26-15-17-27(18-16-26)32(40)35-41/h1-5,8-12,15-20,28,41H,6-7,13-14,21-22H2,(H,34,39)(H,35,40)/b2-1+,33-20+/t28-/m1/s1. The Morgan fingerprint density at radius 3 is 2.31 bits per heavy atom. The number of hydroxylamine groups is 1. The molecule has 216 valence electrons. The van der Waals surface area contributed by atoms with Gasteiger partial charge < -0.3 is 9.64 Å². The fourth-order valence-electron chi connectivity index (χ4n) is 4.41. The molecule has 0 aliphatic carbocycles. The molecule has 1 aliphatic heterocycles. The van der Waals surface area contributed by atoms with Gasteiger partial charge in [0.2, 0.25) is 5.91 Å². The van der Waals surface area contributed by atoms with Crippen LogP contribution in [0, 0.1) is 0 Å². The summed E-state index contributed by atoms with van der Waals surface area (Å²) < 4.78 is 5.83. The van der Waals surface area contributed by atoms with Crippen molar-refractivity contribution in [2.45, 2.75) is 38.3 Å². The molecule has 10 heteroatoms. The fourth-order valence-corrected chi connectivity index (χ4v) is 4.41. The summed E-state index contributed by atoms with van der Waals surface area (Å²) in [5.74, 6) is -1.51. The molecule has 3 N–H and O–H groups in total. The van der Waals surface area contributed by atoms with E-state index in [2.05, 4.69) is 10.5 Å². The highest BCUT2D eigenvalue weighted by Gasteiger charge is 2.24. The van der Waals surface area contributed by atoms with Crippen LogP contribution in [0.3, 0.4) is 0 Å². The highest BCUT2D eigenvalue weighted by atomic mass is 16.5. The molecular weight excluding hydrogens is 536 g/mol. The maximum absolute atomic E-state index is 13.3. The second kappa shape index (κ2) is 15.1. The van der Waals surface area contributed by atoms with E-state index in [1.54, 1.807) is 4.90 Å². The van der Waals surface area contributed by atoms with Gasteiger partial charge in [-0.05, 0) is 59.9 Å². The quantitative estimate of drug-likeness (QED) is 0.128. The summed E-state index contributed by atoms with van der Waals surface area (Å²) in [6.07, 6.45) is 6.50. The molecule has 0 fully saturated rings. The molecule has 0 saturated heterocycles. The molecule has 0 bridgehead atoms. The molecule has 0 spiro atoms. The van der Waals surface area contributed by atoms with Crippen molar-refractivity contribution in [1.82, 2.24) is 15.8 Å². The van der Waals surface area contributed by atoms with Gasteiger partial charge >= 0.3 is 5.97 Å². The van der Waals surface area contributed by atoms with Crippen LogP contribution in [-0.2, 0) is 20.9 Å². The van der Waals surface area contributed by atoms with Crippen LogP contribution in [0.25, 0.3) is 0 Å². The number of benzene rings is 3. The molecule has 0 radical (unpaired) electrons. The number of allylic oxidation sites excluding steroid dienone is 2. The van der Waals surface area contributed by atoms with Crippen molar-refractivity contribution in [3.8, 4) is 0 Å². The SMILES string of the molecule is O=C1CC/C=C/CCC(=O)N(Cc2cccc(/C=N/NC(=O)c3ccc(C(=O)NO)cc3)c2)C[C@H](c2ccccc2)O1. The van der Waals surface area contributed by atoms with E-state index in [9.17, 15) is 19.2 Å². The zero-order valence-corrected chi connectivity index (χ0v) is 22.9. The number of nitrogens with one attached hydrogen (secondary N) is 2. The van der Waals surface area contributed by atoms with Gasteiger partial charge in [0.25, 0.3) is 11.8 Å². The minimum Gasteiger partial charge on any atom is -0.456 e. The van der Waals surface area contributed by atoms with Gasteiger partial charge in [-0.2, -0.15) is 5.10 Å². The predicted octanol–water partition coefficient (Wildman–Crippen LogP) is 4.31. The number of rotatable bonds is 7. The minimum atomic E-state index is -0.678. The Bertz CT molecular complexity index is 1450. The van der Waals surface area contributed by atoms with Gasteiger partial charge in [-0.25, -0.2) is 10.9 Å². The van der Waals surface area contributed by atoms with Gasteiger partial charge in [0.1, 0.15) is 6.10 Å². The van der Waals surface area contributed by atoms with Gasteiger partial charge in [0.05, 0.1) is 12.8 Å². The number of amides is 3. The lowest BCUT2D eigenvalue weighted by molar-refractivity contribution is -0.152. The Hall–Kier alpha value is -5.09. The molecule has 0 aromatic heterocycles. The maximum atomic E-state index is 13.3. The van der Waals surface area contributed by atoms with Crippen molar-refractivity contribution >= 4 is 29.9 Å². The molecule has 0 unspecified atom stereocenters. The van der Waals surface area contributed by atoms with Crippen molar-refractivity contribution < 1.29 is 29.1 Å². The predicted molar refractivity (Wildman–Crippen MR) is 155 cm³/mol. The number of esters is 1. The van der Waals surface area contributed by atoms with E-state index in [0.29, 0.717) is 31.4 Å². The van der Waals surface area contributed by atoms with Crippen molar-refractivity contribution in [1.29, 1.82) is 0 Å². The zero-order chi connectivity index (χ0) is 29.7. The minimum absolute atomic E-state index is 0.0500. The lowest BCUT2D eigenvalue weighted by atomic mass is 10.1. The number of carbonyl (C=O) groups is 4. The molecule has 3 amide bonds. The molecule has 1 heterocycles. The van der Waals surface area contributed by atoms with Gasteiger partial charge in [-0.3, -0.25) is 24.4 Å². The highest BCUT2D eigenvalue weighted by molar-refractivity contribution is 5.97. The number of ether oxygens (including phenoxy) is 1. The van der Waals surface area contributed by atoms with Gasteiger partial charge in [0.15, 0.2) is 0 Å². The summed E-state index contributed by atoms with van der Waals surface area (Å²) in [4.78, 5) is 51.4. The zero-order valence-electron chi connectivity index (χ0n) is 22.9. The summed E-state index contributed by atoms with van der Waals surface area (Å²) in [7, 11) is 0. The van der Waals surface area contributed by atoms with E-state index in [0.717, 1.165) is 11.1 Å². The van der Waals surface area contributed by atoms with Crippen LogP contribution < -0.4 is 10.9 Å². The maximum Gasteiger partial charge on any atom is 0.306 e. The topological polar surface area (TPSA) is 137 Å². The van der Waals surface area contributed by atoms with Crippen LogP contribution in [0.5, 0.6) is 0 Å². The molecule has 3 aromatic rings. The van der Waals surface area contributed by atoms with E-state index < -0.39 is 17.9 Å². The van der Waals surface area contributed by atoms with E-state index in [4.69, 9.17) is 9.94 Å². The molecular formula is C32H32N4O6. The number of nitrogens with zero attached hydrogens (tertiary/aromatic N) is 2. The Kier molecular flexibility index (Phi) is 10.7. The molecule has 3 aromatic carbocycles. The van der Waals surface area contributed by atoms with E-state index in [1.807, 2.05) is 66.7 Å². The molecule has 1 atom stereocenters. The van der Waals surface area contributed by atoms with Crippen molar-refractivity contribution in [3.63, 3.8) is 0 Å². The summed E-state index contributed by atoms with van der Waals surface area (Å²) in [5.41, 5.74) is 6.84. The Morgan fingerprint density at radius 2 is 1.60 bits per heavy atom. The van der Waals surface area contributed by atoms with E-state index in [-0.39, 0.29) is 36.0 Å². The Balaban J connectivity index is 1.46. The molecule has 10 nitrogen and oxygen atoms in total. The van der Waals surface area contributed by atoms with Crippen molar-refractivity contribution in [2.24, 2.45) is 5.10 Å². The lowest BCUT2D eigenvalue weighted by Crippen LogP contribution is -2.35. The highest BCUT2D eigenvalue weighted by Crippen LogP contribution is 2.23. The van der Waals surface area contributed by atoms with Crippen LogP contribution in [0.4, 0.5) is 0 Å². The third kappa shape index (κ3) is 8.70. The molecule has 0 saturated carbocycles. The monoisotopic (exact) mass is 568 g/mol. The smallest absolute Gasteiger partial charge is 0.306 e. The fraction of sp³-hybridized carbons (Fsp3) is 0.219. The summed E-state index contributed by atoms with van der Waals surface area (Å²) in [6.45, 7) is 0.511. The number of hydrazone groups is 1. The molecule has 1 aliphatic rings. The number of carbonyl (C=O) groups excluding carboxylic acids is 4. The molecule has 42 heavy (non-hydrogen) atoms. The third-order valence-corrected chi connectivity index (χ3v) is 6.61. The number of cyclic esters (lactones) is 1. The summed E-state index contributed by atoms with van der Waals surface area (Å²) in [5, 5.41) is 12.7. The Morgan fingerprint density at radius 1 is 0.905 bits per heavy atom. The van der Waals surface area contributed by atoms with Crippen molar-refractivity contribution in [2.75, 3.05) is 6.54 Å². The van der Waals surface area contributed by atoms with Crippen LogP contribution in [0.1, 0.15) is 69.2 Å². The van der Waals surface area contributed by atoms with Crippen LogP contribution in [-0.4, -0.2) is 46.6 Å². The van der Waals surface area contributed by atoms with Gasteiger partial charge in [-0.15, -0.1) is 0 Å². The normalized spacial score (nSPS) is 17.1. The molecule has 4 rings (SSSR count). The first-order valence-electron chi connectivity index (χ1n) is 13.6. The second-order valence-electron chi connectivity index (χ2n) is 9.67. The van der Waals surface area contributed by atoms with E-state index in [1.165, 1.54) is 36.0 Å². The second-order valence-corrected chi connectivity index (χ2v) is 9.67. The van der Waals surface area contributed by atoms with Crippen LogP contribution in [0.2, 0.25) is 0 Å². The van der Waals surface area contributed by atoms with Gasteiger partial charge in [-0.1, -0.05) is 60.7 Å². The first-order valence-corrected chi connectivity index (χ1v) is 13.6. The average Bonchev–Trinajstić information content (AvgIpc) is 3.01.